The molecule has 0 spiro atoms. The van der Waals surface area contributed by atoms with Gasteiger partial charge in [0, 0.05) is 17.9 Å². The van der Waals surface area contributed by atoms with Crippen LogP contribution in [0.2, 0.25) is 0 Å². The smallest absolute Gasteiger partial charge is 0.141 e. The Morgan fingerprint density at radius 2 is 2.05 bits per heavy atom. The largest absolute Gasteiger partial charge is 0.382 e. The molecule has 0 radical (unpaired) electrons. The molecule has 0 aliphatic heterocycles. The van der Waals surface area contributed by atoms with E-state index < -0.39 is 0 Å². The number of rotatable bonds is 6. The van der Waals surface area contributed by atoms with Crippen LogP contribution in [0.25, 0.3) is 11.4 Å². The molecule has 2 aromatic rings. The second-order valence-corrected chi connectivity index (χ2v) is 6.32. The Morgan fingerprint density at radius 3 is 2.70 bits per heavy atom. The third-order valence-electron chi connectivity index (χ3n) is 2.60. The van der Waals surface area contributed by atoms with Gasteiger partial charge in [-0.3, -0.25) is 0 Å². The van der Waals surface area contributed by atoms with Crippen molar-refractivity contribution in [1.82, 2.24) is 20.0 Å². The first-order valence-corrected chi connectivity index (χ1v) is 7.32. The Balaban J connectivity index is 2.00. The molecule has 0 fully saturated rings. The van der Waals surface area contributed by atoms with Crippen molar-refractivity contribution in [3.8, 4) is 11.4 Å². The van der Waals surface area contributed by atoms with Crippen LogP contribution >= 0.6 is 11.3 Å². The zero-order valence-corrected chi connectivity index (χ0v) is 13.1. The van der Waals surface area contributed by atoms with Crippen LogP contribution in [0, 0.1) is 0 Å². The number of thiazole rings is 1. The zero-order chi connectivity index (χ0) is 14.6. The maximum atomic E-state index is 5.39. The molecular weight excluding hydrogens is 276 g/mol. The average Bonchev–Trinajstić information content (AvgIpc) is 3.02. The summed E-state index contributed by atoms with van der Waals surface area (Å²) >= 11 is 1.65. The summed E-state index contributed by atoms with van der Waals surface area (Å²) in [7, 11) is 1.64. The summed E-state index contributed by atoms with van der Waals surface area (Å²) in [6.45, 7) is 7.92. The van der Waals surface area contributed by atoms with Crippen LogP contribution in [-0.2, 0) is 21.6 Å². The number of ether oxygens (including phenoxy) is 2. The van der Waals surface area contributed by atoms with Crippen LogP contribution in [0.15, 0.2) is 11.6 Å². The Bertz CT molecular complexity index is 545. The maximum absolute atomic E-state index is 5.39. The molecule has 110 valence electrons. The Morgan fingerprint density at radius 1 is 1.25 bits per heavy atom. The SMILES string of the molecule is COCCOCn1cc(-c2csc(C(C)(C)C)n2)nn1. The third kappa shape index (κ3) is 3.84. The van der Waals surface area contributed by atoms with E-state index in [1.54, 1.807) is 23.1 Å². The van der Waals surface area contributed by atoms with Crippen LogP contribution in [0.3, 0.4) is 0 Å². The normalized spacial score (nSPS) is 12.0. The predicted octanol–water partition coefficient (Wildman–Crippen LogP) is 2.32. The highest BCUT2D eigenvalue weighted by Gasteiger charge is 2.19. The number of nitrogens with zero attached hydrogens (tertiary/aromatic N) is 4. The van der Waals surface area contributed by atoms with Gasteiger partial charge in [-0.1, -0.05) is 26.0 Å². The lowest BCUT2D eigenvalue weighted by Gasteiger charge is -2.13. The van der Waals surface area contributed by atoms with Crippen molar-refractivity contribution in [2.45, 2.75) is 32.9 Å². The van der Waals surface area contributed by atoms with Gasteiger partial charge in [0.1, 0.15) is 18.1 Å². The maximum Gasteiger partial charge on any atom is 0.141 e. The van der Waals surface area contributed by atoms with E-state index in [4.69, 9.17) is 9.47 Å². The summed E-state index contributed by atoms with van der Waals surface area (Å²) in [6.07, 6.45) is 1.84. The molecule has 0 saturated carbocycles. The topological polar surface area (TPSA) is 62.1 Å². The molecule has 2 heterocycles. The molecule has 0 atom stereocenters. The van der Waals surface area contributed by atoms with Gasteiger partial charge >= 0.3 is 0 Å². The number of methoxy groups -OCH3 is 1. The van der Waals surface area contributed by atoms with E-state index in [1.165, 1.54) is 0 Å². The van der Waals surface area contributed by atoms with Gasteiger partial charge in [-0.15, -0.1) is 16.4 Å². The average molecular weight is 296 g/mol. The minimum Gasteiger partial charge on any atom is -0.382 e. The van der Waals surface area contributed by atoms with Crippen LogP contribution in [0.5, 0.6) is 0 Å². The lowest BCUT2D eigenvalue weighted by Crippen LogP contribution is -2.10. The fourth-order valence-electron chi connectivity index (χ4n) is 1.52. The summed E-state index contributed by atoms with van der Waals surface area (Å²) in [5.41, 5.74) is 1.69. The Labute approximate surface area is 122 Å². The Hall–Kier alpha value is -1.31. The van der Waals surface area contributed by atoms with Gasteiger partial charge in [0.05, 0.1) is 24.4 Å². The summed E-state index contributed by atoms with van der Waals surface area (Å²) in [4.78, 5) is 4.62. The lowest BCUT2D eigenvalue weighted by atomic mass is 9.98. The third-order valence-corrected chi connectivity index (χ3v) is 3.87. The first kappa shape index (κ1) is 15.1. The fraction of sp³-hybridized carbons (Fsp3) is 0.615. The van der Waals surface area contributed by atoms with Gasteiger partial charge in [0.2, 0.25) is 0 Å². The van der Waals surface area contributed by atoms with Gasteiger partial charge in [-0.05, 0) is 0 Å². The molecule has 2 rings (SSSR count). The van der Waals surface area contributed by atoms with Crippen LogP contribution in [0.4, 0.5) is 0 Å². The van der Waals surface area contributed by atoms with E-state index in [-0.39, 0.29) is 5.41 Å². The highest BCUT2D eigenvalue weighted by atomic mass is 32.1. The molecule has 0 amide bonds. The van der Waals surface area contributed by atoms with Crippen molar-refractivity contribution in [2.24, 2.45) is 0 Å². The summed E-state index contributed by atoms with van der Waals surface area (Å²) in [5, 5.41) is 11.3. The van der Waals surface area contributed by atoms with Crippen LogP contribution in [0.1, 0.15) is 25.8 Å². The second-order valence-electron chi connectivity index (χ2n) is 5.46. The van der Waals surface area contributed by atoms with E-state index in [1.807, 2.05) is 11.6 Å². The van der Waals surface area contributed by atoms with Crippen molar-refractivity contribution in [3.05, 3.63) is 16.6 Å². The minimum atomic E-state index is 0.0577. The molecule has 0 bridgehead atoms. The zero-order valence-electron chi connectivity index (χ0n) is 12.3. The van der Waals surface area contributed by atoms with Crippen LogP contribution < -0.4 is 0 Å². The highest BCUT2D eigenvalue weighted by Crippen LogP contribution is 2.28. The number of hydrogen-bond donors (Lipinski definition) is 0. The molecule has 7 heteroatoms. The highest BCUT2D eigenvalue weighted by molar-refractivity contribution is 7.10. The monoisotopic (exact) mass is 296 g/mol. The molecule has 0 N–H and O–H groups in total. The van der Waals surface area contributed by atoms with Gasteiger partial charge in [-0.2, -0.15) is 0 Å². The summed E-state index contributed by atoms with van der Waals surface area (Å²) in [6, 6.07) is 0. The summed E-state index contributed by atoms with van der Waals surface area (Å²) in [5.74, 6) is 0. The Kier molecular flexibility index (Phi) is 4.85. The molecule has 0 saturated heterocycles. The lowest BCUT2D eigenvalue weighted by molar-refractivity contribution is 0.0281. The van der Waals surface area contributed by atoms with E-state index in [0.29, 0.717) is 19.9 Å². The molecule has 0 aliphatic carbocycles. The van der Waals surface area contributed by atoms with Gasteiger partial charge in [-0.25, -0.2) is 9.67 Å². The van der Waals surface area contributed by atoms with E-state index in [9.17, 15) is 0 Å². The van der Waals surface area contributed by atoms with E-state index in [0.717, 1.165) is 16.4 Å². The van der Waals surface area contributed by atoms with E-state index in [2.05, 4.69) is 36.1 Å². The minimum absolute atomic E-state index is 0.0577. The van der Waals surface area contributed by atoms with Gasteiger partial charge < -0.3 is 9.47 Å². The van der Waals surface area contributed by atoms with Gasteiger partial charge in [0.25, 0.3) is 0 Å². The molecule has 0 aromatic carbocycles. The van der Waals surface area contributed by atoms with Crippen molar-refractivity contribution in [3.63, 3.8) is 0 Å². The van der Waals surface area contributed by atoms with Crippen molar-refractivity contribution < 1.29 is 9.47 Å². The first-order valence-electron chi connectivity index (χ1n) is 6.44. The van der Waals surface area contributed by atoms with Crippen molar-refractivity contribution in [2.75, 3.05) is 20.3 Å². The molecular formula is C13H20N4O2S. The predicted molar refractivity (Wildman–Crippen MR) is 77.7 cm³/mol. The van der Waals surface area contributed by atoms with Crippen molar-refractivity contribution >= 4 is 11.3 Å². The molecule has 0 aliphatic rings. The second kappa shape index (κ2) is 6.43. The van der Waals surface area contributed by atoms with Crippen LogP contribution in [-0.4, -0.2) is 40.3 Å². The standard InChI is InChI=1S/C13H20N4O2S/c1-13(2,3)12-14-11(8-20-12)10-7-17(16-15-10)9-19-6-5-18-4/h7-8H,5-6,9H2,1-4H3. The molecule has 6 nitrogen and oxygen atoms in total. The number of aromatic nitrogens is 4. The quantitative estimate of drug-likeness (QED) is 0.766. The fourth-order valence-corrected chi connectivity index (χ4v) is 2.42. The first-order chi connectivity index (χ1) is 9.50. The van der Waals surface area contributed by atoms with Crippen molar-refractivity contribution in [1.29, 1.82) is 0 Å². The molecule has 2 aromatic heterocycles. The van der Waals surface area contributed by atoms with E-state index >= 15 is 0 Å². The molecule has 0 unspecified atom stereocenters. The molecule has 20 heavy (non-hydrogen) atoms. The summed E-state index contributed by atoms with van der Waals surface area (Å²) < 4.78 is 12.0. The van der Waals surface area contributed by atoms with Gasteiger partial charge in [0.15, 0.2) is 0 Å². The number of hydrogen-bond acceptors (Lipinski definition) is 6.